The van der Waals surface area contributed by atoms with Crippen molar-refractivity contribution in [2.24, 2.45) is 0 Å². The fraction of sp³-hybridized carbons (Fsp3) is 0.500. The van der Waals surface area contributed by atoms with Crippen LogP contribution in [0, 0.1) is 11.6 Å². The van der Waals surface area contributed by atoms with Gasteiger partial charge >= 0.3 is 12.2 Å². The first-order valence-electron chi connectivity index (χ1n) is 7.82. The van der Waals surface area contributed by atoms with Crippen LogP contribution >= 0.6 is 0 Å². The first-order chi connectivity index (χ1) is 11.4. The summed E-state index contributed by atoms with van der Waals surface area (Å²) in [5.74, 6) is -1.95. The summed E-state index contributed by atoms with van der Waals surface area (Å²) in [5, 5.41) is 9.13. The van der Waals surface area contributed by atoms with E-state index in [2.05, 4.69) is 0 Å². The lowest BCUT2D eigenvalue weighted by atomic mass is 9.79. The van der Waals surface area contributed by atoms with E-state index in [1.54, 1.807) is 0 Å². The van der Waals surface area contributed by atoms with Crippen LogP contribution in [-0.4, -0.2) is 53.3 Å². The number of halogens is 2. The van der Waals surface area contributed by atoms with Gasteiger partial charge in [-0.1, -0.05) is 6.07 Å². The second kappa shape index (κ2) is 6.26. The third kappa shape index (κ3) is 2.76. The van der Waals surface area contributed by atoms with Crippen molar-refractivity contribution in [1.29, 1.82) is 0 Å². The van der Waals surface area contributed by atoms with Gasteiger partial charge in [-0.05, 0) is 37.0 Å². The van der Waals surface area contributed by atoms with Crippen molar-refractivity contribution in [3.63, 3.8) is 0 Å². The Morgan fingerprint density at radius 3 is 2.46 bits per heavy atom. The molecule has 2 amide bonds. The van der Waals surface area contributed by atoms with E-state index < -0.39 is 29.4 Å². The molecule has 0 aromatic heterocycles. The lowest BCUT2D eigenvalue weighted by Gasteiger charge is -2.49. The van der Waals surface area contributed by atoms with Gasteiger partial charge in [0.1, 0.15) is 0 Å². The number of piperidine rings is 1. The summed E-state index contributed by atoms with van der Waals surface area (Å²) in [7, 11) is 0. The zero-order chi connectivity index (χ0) is 17.3. The molecule has 6 nitrogen and oxygen atoms in total. The van der Waals surface area contributed by atoms with Gasteiger partial charge in [-0.3, -0.25) is 4.90 Å². The van der Waals surface area contributed by atoms with Crippen LogP contribution in [0.5, 0.6) is 0 Å². The zero-order valence-electron chi connectivity index (χ0n) is 13.0. The summed E-state index contributed by atoms with van der Waals surface area (Å²) in [6, 6.07) is 3.58. The fourth-order valence-electron chi connectivity index (χ4n) is 3.51. The van der Waals surface area contributed by atoms with E-state index in [0.717, 1.165) is 12.1 Å². The number of likely N-dealkylation sites (tertiary alicyclic amines) is 1. The Hall–Kier alpha value is -2.38. The Kier molecular flexibility index (Phi) is 4.29. The minimum atomic E-state index is -1.03. The van der Waals surface area contributed by atoms with E-state index in [-0.39, 0.29) is 13.1 Å². The highest BCUT2D eigenvalue weighted by Gasteiger charge is 2.46. The fourth-order valence-corrected chi connectivity index (χ4v) is 3.51. The molecule has 0 bridgehead atoms. The molecule has 1 aromatic rings. The maximum Gasteiger partial charge on any atom is 0.410 e. The van der Waals surface area contributed by atoms with Crippen molar-refractivity contribution in [2.45, 2.75) is 24.8 Å². The van der Waals surface area contributed by atoms with Crippen LogP contribution < -0.4 is 0 Å². The number of carboxylic acid groups (broad SMARTS) is 1. The van der Waals surface area contributed by atoms with Crippen molar-refractivity contribution in [3.05, 3.63) is 35.4 Å². The van der Waals surface area contributed by atoms with Gasteiger partial charge in [0.25, 0.3) is 0 Å². The van der Waals surface area contributed by atoms with Crippen LogP contribution in [0.25, 0.3) is 0 Å². The van der Waals surface area contributed by atoms with Crippen LogP contribution in [0.3, 0.4) is 0 Å². The minimum absolute atomic E-state index is 0.206. The Morgan fingerprint density at radius 2 is 1.88 bits per heavy atom. The van der Waals surface area contributed by atoms with Gasteiger partial charge in [-0.15, -0.1) is 0 Å². The van der Waals surface area contributed by atoms with E-state index in [4.69, 9.17) is 9.84 Å². The van der Waals surface area contributed by atoms with Gasteiger partial charge in [-0.2, -0.15) is 0 Å². The molecule has 3 rings (SSSR count). The Morgan fingerprint density at radius 1 is 1.17 bits per heavy atom. The second-order valence-corrected chi connectivity index (χ2v) is 6.05. The molecule has 0 aliphatic carbocycles. The van der Waals surface area contributed by atoms with E-state index in [0.29, 0.717) is 38.0 Å². The van der Waals surface area contributed by atoms with Crippen molar-refractivity contribution in [2.75, 3.05) is 26.2 Å². The quantitative estimate of drug-likeness (QED) is 0.899. The SMILES string of the molecule is O=C(O)N1CCC(c2ccc(F)c(F)c2)(N2CCCOC2=O)CC1. The van der Waals surface area contributed by atoms with Crippen LogP contribution in [0.4, 0.5) is 18.4 Å². The monoisotopic (exact) mass is 340 g/mol. The topological polar surface area (TPSA) is 70.1 Å². The summed E-state index contributed by atoms with van der Waals surface area (Å²) in [6.07, 6.45) is -0.288. The van der Waals surface area contributed by atoms with E-state index >= 15 is 0 Å². The highest BCUT2D eigenvalue weighted by Crippen LogP contribution is 2.40. The van der Waals surface area contributed by atoms with Gasteiger partial charge in [0.2, 0.25) is 0 Å². The number of hydrogen-bond acceptors (Lipinski definition) is 3. The molecule has 2 aliphatic heterocycles. The molecule has 2 fully saturated rings. The molecular formula is C16H18F2N2O4. The number of benzene rings is 1. The van der Waals surface area contributed by atoms with Gasteiger partial charge < -0.3 is 14.7 Å². The lowest BCUT2D eigenvalue weighted by molar-refractivity contribution is -0.0110. The molecule has 0 spiro atoms. The number of ether oxygens (including phenoxy) is 1. The maximum absolute atomic E-state index is 13.8. The normalized spacial score (nSPS) is 20.7. The van der Waals surface area contributed by atoms with Crippen molar-refractivity contribution in [1.82, 2.24) is 9.80 Å². The number of carbonyl (C=O) groups is 2. The molecular weight excluding hydrogens is 322 g/mol. The van der Waals surface area contributed by atoms with Crippen molar-refractivity contribution in [3.8, 4) is 0 Å². The highest BCUT2D eigenvalue weighted by atomic mass is 19.2. The predicted molar refractivity (Wildman–Crippen MR) is 79.5 cm³/mol. The predicted octanol–water partition coefficient (Wildman–Crippen LogP) is 2.78. The van der Waals surface area contributed by atoms with Crippen LogP contribution in [0.1, 0.15) is 24.8 Å². The second-order valence-electron chi connectivity index (χ2n) is 6.05. The smallest absolute Gasteiger partial charge is 0.410 e. The van der Waals surface area contributed by atoms with Crippen LogP contribution in [0.2, 0.25) is 0 Å². The maximum atomic E-state index is 13.8. The van der Waals surface area contributed by atoms with Gasteiger partial charge in [0.15, 0.2) is 11.6 Å². The first-order valence-corrected chi connectivity index (χ1v) is 7.82. The Balaban J connectivity index is 1.99. The number of amides is 2. The summed E-state index contributed by atoms with van der Waals surface area (Å²) < 4.78 is 32.2. The molecule has 0 atom stereocenters. The molecule has 2 saturated heterocycles. The van der Waals surface area contributed by atoms with Gasteiger partial charge in [-0.25, -0.2) is 18.4 Å². The molecule has 1 aromatic carbocycles. The molecule has 0 saturated carbocycles. The molecule has 1 N–H and O–H groups in total. The first kappa shape index (κ1) is 16.5. The lowest BCUT2D eigenvalue weighted by Crippen LogP contribution is -2.57. The number of hydrogen-bond donors (Lipinski definition) is 1. The average molecular weight is 340 g/mol. The summed E-state index contributed by atoms with van der Waals surface area (Å²) in [5.41, 5.74) is -0.428. The standard InChI is InChI=1S/C16H18F2N2O4/c17-12-3-2-11(10-13(12)18)16(20-6-1-9-24-15(20)23)4-7-19(8-5-16)14(21)22/h2-3,10H,1,4-9H2,(H,21,22). The minimum Gasteiger partial charge on any atom is -0.465 e. The number of cyclic esters (lactones) is 1. The van der Waals surface area contributed by atoms with E-state index in [1.807, 2.05) is 0 Å². The molecule has 2 aliphatic rings. The molecule has 2 heterocycles. The summed E-state index contributed by atoms with van der Waals surface area (Å²) in [6.45, 7) is 1.17. The number of carbonyl (C=O) groups excluding carboxylic acids is 1. The van der Waals surface area contributed by atoms with Gasteiger partial charge in [0, 0.05) is 19.6 Å². The molecule has 8 heteroatoms. The average Bonchev–Trinajstić information content (AvgIpc) is 2.58. The van der Waals surface area contributed by atoms with Gasteiger partial charge in [0.05, 0.1) is 12.1 Å². The largest absolute Gasteiger partial charge is 0.465 e. The molecule has 0 radical (unpaired) electrons. The number of nitrogens with zero attached hydrogens (tertiary/aromatic N) is 2. The van der Waals surface area contributed by atoms with Crippen LogP contribution in [0.15, 0.2) is 18.2 Å². The molecule has 0 unspecified atom stereocenters. The molecule has 24 heavy (non-hydrogen) atoms. The zero-order valence-corrected chi connectivity index (χ0v) is 13.0. The number of rotatable bonds is 2. The van der Waals surface area contributed by atoms with Crippen molar-refractivity contribution >= 4 is 12.2 Å². The Bertz CT molecular complexity index is 659. The summed E-state index contributed by atoms with van der Waals surface area (Å²) in [4.78, 5) is 26.2. The summed E-state index contributed by atoms with van der Waals surface area (Å²) >= 11 is 0. The highest BCUT2D eigenvalue weighted by molar-refractivity contribution is 5.70. The van der Waals surface area contributed by atoms with Crippen LogP contribution in [-0.2, 0) is 10.3 Å². The van der Waals surface area contributed by atoms with E-state index in [1.165, 1.54) is 15.9 Å². The third-order valence-electron chi connectivity index (χ3n) is 4.81. The van der Waals surface area contributed by atoms with Crippen molar-refractivity contribution < 1.29 is 28.2 Å². The third-order valence-corrected chi connectivity index (χ3v) is 4.81. The Labute approximate surface area is 137 Å². The van der Waals surface area contributed by atoms with E-state index in [9.17, 15) is 18.4 Å². The molecule has 130 valence electrons.